The van der Waals surface area contributed by atoms with E-state index >= 15 is 0 Å². The lowest BCUT2D eigenvalue weighted by Crippen LogP contribution is -2.39. The van der Waals surface area contributed by atoms with Crippen molar-refractivity contribution in [3.8, 4) is 6.07 Å². The summed E-state index contributed by atoms with van der Waals surface area (Å²) >= 11 is 0. The normalized spacial score (nSPS) is 24.4. The Bertz CT molecular complexity index is 494. The average Bonchev–Trinajstić information content (AvgIpc) is 2.72. The summed E-state index contributed by atoms with van der Waals surface area (Å²) in [6.45, 7) is 7.20. The lowest BCUT2D eigenvalue weighted by atomic mass is 9.89. The second-order valence-corrected chi connectivity index (χ2v) is 6.05. The number of nitriles is 1. The van der Waals surface area contributed by atoms with Crippen LogP contribution in [0.25, 0.3) is 0 Å². The maximum Gasteiger partial charge on any atom is 0.129 e. The van der Waals surface area contributed by atoms with Crippen LogP contribution in [0.4, 0.5) is 8.78 Å². The summed E-state index contributed by atoms with van der Waals surface area (Å²) < 4.78 is 27.7. The van der Waals surface area contributed by atoms with Crippen molar-refractivity contribution in [1.82, 2.24) is 4.90 Å². The smallest absolute Gasteiger partial charge is 0.129 e. The van der Waals surface area contributed by atoms with Gasteiger partial charge in [-0.3, -0.25) is 4.90 Å². The van der Waals surface area contributed by atoms with Gasteiger partial charge in [0.25, 0.3) is 0 Å². The Morgan fingerprint density at radius 3 is 2.26 bits per heavy atom. The van der Waals surface area contributed by atoms with Crippen molar-refractivity contribution in [1.29, 1.82) is 5.26 Å². The van der Waals surface area contributed by atoms with E-state index in [0.717, 1.165) is 0 Å². The van der Waals surface area contributed by atoms with E-state index in [1.54, 1.807) is 0 Å². The molecule has 1 fully saturated rings. The molecule has 0 amide bonds. The predicted octanol–water partition coefficient (Wildman–Crippen LogP) is 3.30. The molecule has 0 saturated carbocycles. The topological polar surface area (TPSA) is 27.0 Å². The molecule has 1 aromatic carbocycles. The molecule has 1 heterocycles. The van der Waals surface area contributed by atoms with Gasteiger partial charge in [0.15, 0.2) is 0 Å². The molecule has 0 radical (unpaired) electrons. The summed E-state index contributed by atoms with van der Waals surface area (Å²) in [6, 6.07) is 6.06. The molecule has 0 spiro atoms. The third-order valence-corrected chi connectivity index (χ3v) is 3.80. The van der Waals surface area contributed by atoms with Crippen molar-refractivity contribution in [2.45, 2.75) is 32.2 Å². The van der Waals surface area contributed by atoms with E-state index in [4.69, 9.17) is 0 Å². The molecule has 0 N–H and O–H groups in total. The molecule has 102 valence electrons. The van der Waals surface area contributed by atoms with Crippen molar-refractivity contribution in [2.75, 3.05) is 13.1 Å². The first kappa shape index (κ1) is 14.0. The molecular formula is C15H18F2N2. The van der Waals surface area contributed by atoms with Gasteiger partial charge in [-0.1, -0.05) is 6.07 Å². The quantitative estimate of drug-likeness (QED) is 0.778. The van der Waals surface area contributed by atoms with Crippen molar-refractivity contribution >= 4 is 0 Å². The molecule has 1 aliphatic heterocycles. The third kappa shape index (κ3) is 2.62. The Morgan fingerprint density at radius 1 is 1.21 bits per heavy atom. The van der Waals surface area contributed by atoms with Gasteiger partial charge in [0.2, 0.25) is 0 Å². The third-order valence-electron chi connectivity index (χ3n) is 3.80. The van der Waals surface area contributed by atoms with Crippen LogP contribution in [-0.2, 0) is 0 Å². The van der Waals surface area contributed by atoms with Crippen LogP contribution in [0.2, 0.25) is 0 Å². The van der Waals surface area contributed by atoms with Crippen LogP contribution in [0.5, 0.6) is 0 Å². The van der Waals surface area contributed by atoms with Crippen LogP contribution in [0.15, 0.2) is 18.2 Å². The summed E-state index contributed by atoms with van der Waals surface area (Å²) in [5, 5.41) is 9.24. The number of rotatable bonds is 1. The van der Waals surface area contributed by atoms with Gasteiger partial charge in [0.05, 0.1) is 12.0 Å². The molecular weight excluding hydrogens is 246 g/mol. The summed E-state index contributed by atoms with van der Waals surface area (Å²) in [7, 11) is 0. The van der Waals surface area contributed by atoms with Crippen LogP contribution in [0.1, 0.15) is 32.3 Å². The van der Waals surface area contributed by atoms with Gasteiger partial charge < -0.3 is 0 Å². The van der Waals surface area contributed by atoms with Crippen molar-refractivity contribution in [3.05, 3.63) is 35.4 Å². The van der Waals surface area contributed by atoms with Crippen LogP contribution < -0.4 is 0 Å². The Morgan fingerprint density at radius 2 is 1.79 bits per heavy atom. The minimum Gasteiger partial charge on any atom is -0.297 e. The van der Waals surface area contributed by atoms with Gasteiger partial charge in [-0.2, -0.15) is 5.26 Å². The summed E-state index contributed by atoms with van der Waals surface area (Å²) in [4.78, 5) is 2.11. The van der Waals surface area contributed by atoms with E-state index in [1.807, 2.05) is 20.8 Å². The highest BCUT2D eigenvalue weighted by atomic mass is 19.1. The molecule has 2 atom stereocenters. The zero-order chi connectivity index (χ0) is 14.2. The van der Waals surface area contributed by atoms with E-state index in [1.165, 1.54) is 18.2 Å². The van der Waals surface area contributed by atoms with Crippen molar-refractivity contribution < 1.29 is 8.78 Å². The fourth-order valence-corrected chi connectivity index (χ4v) is 2.64. The lowest BCUT2D eigenvalue weighted by molar-refractivity contribution is 0.170. The molecule has 2 nitrogen and oxygen atoms in total. The van der Waals surface area contributed by atoms with Crippen LogP contribution in [0.3, 0.4) is 0 Å². The standard InChI is InChI=1S/C15H18F2N2/c1-15(2,3)19-8-10(7-18)11(9-19)14-12(16)5-4-6-13(14)17/h4-6,10-11H,8-9H2,1-3H3/t10-,11-/m0/s1. The van der Waals surface area contributed by atoms with Gasteiger partial charge >= 0.3 is 0 Å². The number of halogens is 2. The van der Waals surface area contributed by atoms with Gasteiger partial charge in [-0.25, -0.2) is 8.78 Å². The predicted molar refractivity (Wildman–Crippen MR) is 69.5 cm³/mol. The Kier molecular flexibility index (Phi) is 3.60. The first-order valence-electron chi connectivity index (χ1n) is 6.43. The first-order chi connectivity index (χ1) is 8.84. The Balaban J connectivity index is 2.37. The highest BCUT2D eigenvalue weighted by molar-refractivity contribution is 5.28. The lowest BCUT2D eigenvalue weighted by Gasteiger charge is -2.31. The highest BCUT2D eigenvalue weighted by Gasteiger charge is 2.40. The van der Waals surface area contributed by atoms with E-state index < -0.39 is 17.6 Å². The summed E-state index contributed by atoms with van der Waals surface area (Å²) in [5.74, 6) is -1.88. The van der Waals surface area contributed by atoms with E-state index in [9.17, 15) is 14.0 Å². The van der Waals surface area contributed by atoms with E-state index in [-0.39, 0.29) is 17.0 Å². The maximum atomic E-state index is 13.9. The molecule has 1 aliphatic rings. The molecule has 0 bridgehead atoms. The van der Waals surface area contributed by atoms with Crippen molar-refractivity contribution in [3.63, 3.8) is 0 Å². The fourth-order valence-electron chi connectivity index (χ4n) is 2.64. The minimum atomic E-state index is -0.555. The average molecular weight is 264 g/mol. The van der Waals surface area contributed by atoms with Gasteiger partial charge in [-0.05, 0) is 32.9 Å². The monoisotopic (exact) mass is 264 g/mol. The molecule has 1 saturated heterocycles. The molecule has 2 rings (SSSR count). The van der Waals surface area contributed by atoms with Crippen LogP contribution in [0, 0.1) is 28.9 Å². The summed E-state index contributed by atoms with van der Waals surface area (Å²) in [5.41, 5.74) is -0.0493. The van der Waals surface area contributed by atoms with Gasteiger partial charge in [0, 0.05) is 30.1 Å². The SMILES string of the molecule is CC(C)(C)N1C[C@H](c2c(F)cccc2F)[C@@H](C#N)C1. The number of hydrogen-bond acceptors (Lipinski definition) is 2. The van der Waals surface area contributed by atoms with Crippen LogP contribution >= 0.6 is 0 Å². The number of likely N-dealkylation sites (tertiary alicyclic amines) is 1. The Hall–Kier alpha value is -1.47. The zero-order valence-corrected chi connectivity index (χ0v) is 11.5. The molecule has 0 unspecified atom stereocenters. The second-order valence-electron chi connectivity index (χ2n) is 6.05. The molecule has 0 aromatic heterocycles. The highest BCUT2D eigenvalue weighted by Crippen LogP contribution is 2.37. The van der Waals surface area contributed by atoms with Crippen molar-refractivity contribution in [2.24, 2.45) is 5.92 Å². The van der Waals surface area contributed by atoms with Gasteiger partial charge in [0.1, 0.15) is 11.6 Å². The van der Waals surface area contributed by atoms with Gasteiger partial charge in [-0.15, -0.1) is 0 Å². The molecule has 1 aromatic rings. The second kappa shape index (κ2) is 4.90. The maximum absolute atomic E-state index is 13.9. The van der Waals surface area contributed by atoms with E-state index in [2.05, 4.69) is 11.0 Å². The number of benzene rings is 1. The largest absolute Gasteiger partial charge is 0.297 e. The number of hydrogen-bond donors (Lipinski definition) is 0. The van der Waals surface area contributed by atoms with Crippen LogP contribution in [-0.4, -0.2) is 23.5 Å². The molecule has 0 aliphatic carbocycles. The Labute approximate surface area is 112 Å². The van der Waals surface area contributed by atoms with E-state index in [0.29, 0.717) is 13.1 Å². The fraction of sp³-hybridized carbons (Fsp3) is 0.533. The first-order valence-corrected chi connectivity index (χ1v) is 6.43. The molecule has 4 heteroatoms. The zero-order valence-electron chi connectivity index (χ0n) is 11.5. The molecule has 19 heavy (non-hydrogen) atoms. The minimum absolute atomic E-state index is 0.0563. The number of nitrogens with zero attached hydrogens (tertiary/aromatic N) is 2. The summed E-state index contributed by atoms with van der Waals surface area (Å²) in [6.07, 6.45) is 0.